The molecule has 0 atom stereocenters. The molecule has 0 amide bonds. The number of nitrogens with two attached hydrogens (primary N) is 1. The zero-order valence-corrected chi connectivity index (χ0v) is 10.00. The standard InChI is InChI=1S/C12H16N4O/c1-9(2)7-16-12(17)15(8-14-16)11-5-3-10(13)4-6-11/h3-6,8-9H,7,13H2,1-2H3. The van der Waals surface area contributed by atoms with Gasteiger partial charge in [-0.05, 0) is 30.2 Å². The zero-order chi connectivity index (χ0) is 12.4. The molecule has 0 unspecified atom stereocenters. The van der Waals surface area contributed by atoms with E-state index in [2.05, 4.69) is 18.9 Å². The number of hydrogen-bond acceptors (Lipinski definition) is 3. The molecule has 0 saturated carbocycles. The van der Waals surface area contributed by atoms with Crippen LogP contribution in [0.15, 0.2) is 35.4 Å². The number of anilines is 1. The fraction of sp³-hybridized carbons (Fsp3) is 0.333. The lowest BCUT2D eigenvalue weighted by atomic mass is 10.2. The van der Waals surface area contributed by atoms with E-state index < -0.39 is 0 Å². The Balaban J connectivity index is 2.37. The van der Waals surface area contributed by atoms with Crippen LogP contribution < -0.4 is 11.4 Å². The molecule has 0 fully saturated rings. The number of rotatable bonds is 3. The highest BCUT2D eigenvalue weighted by Crippen LogP contribution is 2.08. The molecule has 0 bridgehead atoms. The van der Waals surface area contributed by atoms with Crippen LogP contribution in [0.1, 0.15) is 13.8 Å². The summed E-state index contributed by atoms with van der Waals surface area (Å²) in [4.78, 5) is 12.0. The molecule has 5 heteroatoms. The van der Waals surface area contributed by atoms with Gasteiger partial charge >= 0.3 is 5.69 Å². The minimum absolute atomic E-state index is 0.122. The van der Waals surface area contributed by atoms with Crippen LogP contribution in [0.3, 0.4) is 0 Å². The SMILES string of the molecule is CC(C)Cn1ncn(-c2ccc(N)cc2)c1=O. The topological polar surface area (TPSA) is 65.8 Å². The highest BCUT2D eigenvalue weighted by Gasteiger charge is 2.07. The van der Waals surface area contributed by atoms with Crippen molar-refractivity contribution >= 4 is 5.69 Å². The first-order valence-corrected chi connectivity index (χ1v) is 5.58. The van der Waals surface area contributed by atoms with Crippen LogP contribution in [0.2, 0.25) is 0 Å². The minimum atomic E-state index is -0.122. The first-order valence-electron chi connectivity index (χ1n) is 5.58. The van der Waals surface area contributed by atoms with Crippen LogP contribution in [0.25, 0.3) is 5.69 Å². The Morgan fingerprint density at radius 2 is 1.94 bits per heavy atom. The summed E-state index contributed by atoms with van der Waals surface area (Å²) in [5.41, 5.74) is 6.94. The van der Waals surface area contributed by atoms with Crippen LogP contribution in [-0.2, 0) is 6.54 Å². The number of nitrogen functional groups attached to an aromatic ring is 1. The molecule has 2 aromatic rings. The Bertz CT molecular complexity index is 551. The maximum absolute atomic E-state index is 12.0. The van der Waals surface area contributed by atoms with Crippen molar-refractivity contribution < 1.29 is 0 Å². The molecule has 0 saturated heterocycles. The Morgan fingerprint density at radius 1 is 1.29 bits per heavy atom. The predicted octanol–water partition coefficient (Wildman–Crippen LogP) is 1.27. The monoisotopic (exact) mass is 232 g/mol. The molecular formula is C12H16N4O. The Labute approximate surface area is 99.5 Å². The van der Waals surface area contributed by atoms with Gasteiger partial charge in [-0.3, -0.25) is 0 Å². The van der Waals surface area contributed by atoms with Gasteiger partial charge in [0.25, 0.3) is 0 Å². The predicted molar refractivity (Wildman–Crippen MR) is 67.1 cm³/mol. The molecule has 90 valence electrons. The van der Waals surface area contributed by atoms with Gasteiger partial charge in [-0.2, -0.15) is 5.10 Å². The molecule has 1 aromatic heterocycles. The summed E-state index contributed by atoms with van der Waals surface area (Å²) in [6.45, 7) is 4.73. The lowest BCUT2D eigenvalue weighted by Crippen LogP contribution is -2.25. The van der Waals surface area contributed by atoms with E-state index in [1.165, 1.54) is 15.6 Å². The lowest BCUT2D eigenvalue weighted by molar-refractivity contribution is 0.469. The summed E-state index contributed by atoms with van der Waals surface area (Å²) >= 11 is 0. The molecule has 0 aliphatic rings. The van der Waals surface area contributed by atoms with Gasteiger partial charge < -0.3 is 5.73 Å². The van der Waals surface area contributed by atoms with Crippen molar-refractivity contribution in [1.82, 2.24) is 14.3 Å². The van der Waals surface area contributed by atoms with Gasteiger partial charge in [-0.1, -0.05) is 13.8 Å². The Kier molecular flexibility index (Phi) is 2.99. The summed E-state index contributed by atoms with van der Waals surface area (Å²) in [6.07, 6.45) is 1.54. The smallest absolute Gasteiger partial charge is 0.350 e. The van der Waals surface area contributed by atoms with Crippen molar-refractivity contribution in [3.05, 3.63) is 41.1 Å². The van der Waals surface area contributed by atoms with Crippen molar-refractivity contribution in [1.29, 1.82) is 0 Å². The van der Waals surface area contributed by atoms with E-state index in [0.717, 1.165) is 5.69 Å². The third-order valence-corrected chi connectivity index (χ3v) is 2.44. The van der Waals surface area contributed by atoms with E-state index in [1.807, 2.05) is 0 Å². The van der Waals surface area contributed by atoms with Crippen LogP contribution in [-0.4, -0.2) is 14.3 Å². The average Bonchev–Trinajstić information content (AvgIpc) is 2.61. The largest absolute Gasteiger partial charge is 0.399 e. The fourth-order valence-electron chi connectivity index (χ4n) is 1.62. The lowest BCUT2D eigenvalue weighted by Gasteiger charge is -2.03. The van der Waals surface area contributed by atoms with Gasteiger partial charge in [0.2, 0.25) is 0 Å². The third kappa shape index (κ3) is 2.38. The molecule has 0 aliphatic heterocycles. The third-order valence-electron chi connectivity index (χ3n) is 2.44. The van der Waals surface area contributed by atoms with E-state index in [4.69, 9.17) is 5.73 Å². The summed E-state index contributed by atoms with van der Waals surface area (Å²) in [5, 5.41) is 4.09. The summed E-state index contributed by atoms with van der Waals surface area (Å²) in [7, 11) is 0. The van der Waals surface area contributed by atoms with Crippen LogP contribution in [0.5, 0.6) is 0 Å². The second-order valence-electron chi connectivity index (χ2n) is 4.45. The highest BCUT2D eigenvalue weighted by molar-refractivity contribution is 5.44. The minimum Gasteiger partial charge on any atom is -0.399 e. The van der Waals surface area contributed by atoms with Crippen molar-refractivity contribution in [3.63, 3.8) is 0 Å². The highest BCUT2D eigenvalue weighted by atomic mass is 16.2. The molecule has 0 spiro atoms. The molecule has 17 heavy (non-hydrogen) atoms. The first-order chi connectivity index (χ1) is 8.08. The number of benzene rings is 1. The summed E-state index contributed by atoms with van der Waals surface area (Å²) in [6, 6.07) is 7.14. The number of aromatic nitrogens is 3. The van der Waals surface area contributed by atoms with Crippen LogP contribution in [0, 0.1) is 5.92 Å². The van der Waals surface area contributed by atoms with Gasteiger partial charge in [-0.15, -0.1) is 0 Å². The molecule has 1 heterocycles. The van der Waals surface area contributed by atoms with Crippen LogP contribution in [0.4, 0.5) is 5.69 Å². The maximum atomic E-state index is 12.0. The average molecular weight is 232 g/mol. The Morgan fingerprint density at radius 3 is 2.53 bits per heavy atom. The van der Waals surface area contributed by atoms with Gasteiger partial charge in [-0.25, -0.2) is 14.0 Å². The molecule has 2 N–H and O–H groups in total. The van der Waals surface area contributed by atoms with E-state index in [-0.39, 0.29) is 5.69 Å². The summed E-state index contributed by atoms with van der Waals surface area (Å²) in [5.74, 6) is 0.391. The van der Waals surface area contributed by atoms with Gasteiger partial charge in [0.05, 0.1) is 5.69 Å². The molecule has 0 radical (unpaired) electrons. The second kappa shape index (κ2) is 4.45. The van der Waals surface area contributed by atoms with Crippen molar-refractivity contribution in [3.8, 4) is 5.69 Å². The maximum Gasteiger partial charge on any atom is 0.350 e. The zero-order valence-electron chi connectivity index (χ0n) is 10.00. The van der Waals surface area contributed by atoms with Gasteiger partial charge in [0, 0.05) is 12.2 Å². The molecular weight excluding hydrogens is 216 g/mol. The molecule has 1 aromatic carbocycles. The fourth-order valence-corrected chi connectivity index (χ4v) is 1.62. The van der Waals surface area contributed by atoms with Gasteiger partial charge in [0.15, 0.2) is 0 Å². The van der Waals surface area contributed by atoms with Crippen molar-refractivity contribution in [2.45, 2.75) is 20.4 Å². The normalized spacial score (nSPS) is 11.0. The van der Waals surface area contributed by atoms with E-state index in [0.29, 0.717) is 18.2 Å². The van der Waals surface area contributed by atoms with E-state index in [9.17, 15) is 4.79 Å². The second-order valence-corrected chi connectivity index (χ2v) is 4.45. The van der Waals surface area contributed by atoms with Crippen molar-refractivity contribution in [2.24, 2.45) is 5.92 Å². The number of nitrogens with zero attached hydrogens (tertiary/aromatic N) is 3. The Hall–Kier alpha value is -2.04. The van der Waals surface area contributed by atoms with E-state index in [1.54, 1.807) is 24.3 Å². The molecule has 2 rings (SSSR count). The summed E-state index contributed by atoms with van der Waals surface area (Å²) < 4.78 is 2.99. The molecule has 5 nitrogen and oxygen atoms in total. The first kappa shape index (κ1) is 11.4. The molecule has 0 aliphatic carbocycles. The quantitative estimate of drug-likeness (QED) is 0.810. The van der Waals surface area contributed by atoms with Gasteiger partial charge in [0.1, 0.15) is 6.33 Å². The van der Waals surface area contributed by atoms with Crippen LogP contribution >= 0.6 is 0 Å². The number of hydrogen-bond donors (Lipinski definition) is 1. The van der Waals surface area contributed by atoms with E-state index >= 15 is 0 Å². The van der Waals surface area contributed by atoms with Crippen molar-refractivity contribution in [2.75, 3.05) is 5.73 Å².